The molecule has 0 saturated heterocycles. The van der Waals surface area contributed by atoms with Crippen LogP contribution in [0.2, 0.25) is 10.0 Å². The number of aromatic amines is 1. The van der Waals surface area contributed by atoms with Crippen LogP contribution < -0.4 is 4.74 Å². The second-order valence-electron chi connectivity index (χ2n) is 4.80. The number of hydrogen-bond donors (Lipinski definition) is 1. The molecule has 7 heteroatoms. The van der Waals surface area contributed by atoms with Crippen LogP contribution in [0, 0.1) is 0 Å². The number of hydrogen-bond acceptors (Lipinski definition) is 4. The van der Waals surface area contributed by atoms with E-state index in [1.807, 2.05) is 0 Å². The van der Waals surface area contributed by atoms with Gasteiger partial charge in [0, 0.05) is 34.1 Å². The number of halogens is 2. The fourth-order valence-electron chi connectivity index (χ4n) is 2.21. The van der Waals surface area contributed by atoms with Crippen molar-refractivity contribution in [1.82, 2.24) is 9.97 Å². The van der Waals surface area contributed by atoms with Gasteiger partial charge in [0.15, 0.2) is 5.75 Å². The number of carbonyl (C=O) groups is 2. The van der Waals surface area contributed by atoms with Crippen molar-refractivity contribution in [2.75, 3.05) is 0 Å². The number of carbonyl (C=O) groups excluding carboxylic acids is 2. The molecular formula is C16H10Cl2N2O3. The van der Waals surface area contributed by atoms with E-state index in [1.165, 1.54) is 19.2 Å². The van der Waals surface area contributed by atoms with E-state index < -0.39 is 11.8 Å². The number of aromatic nitrogens is 2. The van der Waals surface area contributed by atoms with Crippen LogP contribution in [0.25, 0.3) is 10.9 Å². The molecule has 0 unspecified atom stereocenters. The third kappa shape index (κ3) is 3.06. The van der Waals surface area contributed by atoms with E-state index in [0.29, 0.717) is 20.9 Å². The van der Waals surface area contributed by atoms with Gasteiger partial charge in [-0.25, -0.2) is 0 Å². The predicted octanol–water partition coefficient (Wildman–Crippen LogP) is 4.03. The molecule has 2 heterocycles. The number of H-pyrrole nitrogens is 1. The molecule has 2 aromatic heterocycles. The minimum absolute atomic E-state index is 0.118. The van der Waals surface area contributed by atoms with Gasteiger partial charge in [-0.3, -0.25) is 14.6 Å². The topological polar surface area (TPSA) is 72.1 Å². The smallest absolute Gasteiger partial charge is 0.308 e. The van der Waals surface area contributed by atoms with Crippen LogP contribution in [0.3, 0.4) is 0 Å². The summed E-state index contributed by atoms with van der Waals surface area (Å²) in [7, 11) is 0. The minimum atomic E-state index is -0.543. The highest BCUT2D eigenvalue weighted by molar-refractivity contribution is 6.32. The predicted molar refractivity (Wildman–Crippen MR) is 87.3 cm³/mol. The number of fused-ring (bicyclic) bond motifs is 1. The molecule has 0 aliphatic heterocycles. The quantitative estimate of drug-likeness (QED) is 0.573. The van der Waals surface area contributed by atoms with E-state index in [0.717, 1.165) is 0 Å². The monoisotopic (exact) mass is 348 g/mol. The molecular weight excluding hydrogens is 339 g/mol. The van der Waals surface area contributed by atoms with Crippen molar-refractivity contribution >= 4 is 45.9 Å². The van der Waals surface area contributed by atoms with Crippen LogP contribution in [0.15, 0.2) is 36.5 Å². The van der Waals surface area contributed by atoms with Crippen molar-refractivity contribution < 1.29 is 14.3 Å². The lowest BCUT2D eigenvalue weighted by molar-refractivity contribution is -0.131. The van der Waals surface area contributed by atoms with Gasteiger partial charge in [-0.1, -0.05) is 23.2 Å². The first-order chi connectivity index (χ1) is 11.0. The summed E-state index contributed by atoms with van der Waals surface area (Å²) in [5.41, 5.74) is 0.881. The lowest BCUT2D eigenvalue weighted by atomic mass is 10.1. The van der Waals surface area contributed by atoms with E-state index in [2.05, 4.69) is 9.97 Å². The Hall–Kier alpha value is -2.37. The molecule has 0 aliphatic carbocycles. The minimum Gasteiger partial charge on any atom is -0.424 e. The number of ether oxygens (including phenoxy) is 1. The second-order valence-corrected chi connectivity index (χ2v) is 5.67. The Labute approximate surface area is 141 Å². The lowest BCUT2D eigenvalue weighted by Crippen LogP contribution is -2.09. The number of nitrogens with one attached hydrogen (secondary N) is 1. The number of esters is 1. The zero-order valence-corrected chi connectivity index (χ0v) is 13.4. The normalized spacial score (nSPS) is 10.7. The van der Waals surface area contributed by atoms with Gasteiger partial charge >= 0.3 is 5.97 Å². The van der Waals surface area contributed by atoms with Crippen molar-refractivity contribution in [3.8, 4) is 5.75 Å². The van der Waals surface area contributed by atoms with Crippen molar-refractivity contribution in [2.24, 2.45) is 0 Å². The van der Waals surface area contributed by atoms with E-state index in [1.54, 1.807) is 24.3 Å². The Balaban J connectivity index is 2.19. The summed E-state index contributed by atoms with van der Waals surface area (Å²) in [4.78, 5) is 31.0. The molecule has 23 heavy (non-hydrogen) atoms. The summed E-state index contributed by atoms with van der Waals surface area (Å²) in [5, 5.41) is 1.39. The summed E-state index contributed by atoms with van der Waals surface area (Å²) in [5.74, 6) is -0.850. The number of benzene rings is 1. The standard InChI is InChI=1S/C16H10Cl2N2O3/c1-8(21)23-16-11-6-9(17)2-3-12(11)20-14(16)15(22)13-7-10(18)4-5-19-13/h2-7,20H,1H3. The summed E-state index contributed by atoms with van der Waals surface area (Å²) >= 11 is 11.9. The lowest BCUT2D eigenvalue weighted by Gasteiger charge is -2.04. The van der Waals surface area contributed by atoms with E-state index >= 15 is 0 Å². The molecule has 0 atom stereocenters. The molecule has 116 valence electrons. The molecule has 0 spiro atoms. The Morgan fingerprint density at radius 3 is 2.57 bits per heavy atom. The van der Waals surface area contributed by atoms with Gasteiger partial charge in [0.1, 0.15) is 11.4 Å². The highest BCUT2D eigenvalue weighted by Gasteiger charge is 2.23. The fourth-order valence-corrected chi connectivity index (χ4v) is 2.54. The third-order valence-corrected chi connectivity index (χ3v) is 3.61. The molecule has 5 nitrogen and oxygen atoms in total. The molecule has 3 rings (SSSR count). The number of pyridine rings is 1. The van der Waals surface area contributed by atoms with Gasteiger partial charge < -0.3 is 9.72 Å². The maximum absolute atomic E-state index is 12.7. The van der Waals surface area contributed by atoms with Gasteiger partial charge in [0.05, 0.1) is 0 Å². The highest BCUT2D eigenvalue weighted by atomic mass is 35.5. The SMILES string of the molecule is CC(=O)Oc1c(C(=O)c2cc(Cl)ccn2)[nH]c2ccc(Cl)cc12. The zero-order chi connectivity index (χ0) is 16.6. The van der Waals surface area contributed by atoms with Gasteiger partial charge in [-0.15, -0.1) is 0 Å². The summed E-state index contributed by atoms with van der Waals surface area (Å²) in [6, 6.07) is 8.00. The molecule has 0 saturated carbocycles. The van der Waals surface area contributed by atoms with Crippen LogP contribution in [-0.4, -0.2) is 21.7 Å². The second kappa shape index (κ2) is 6.02. The van der Waals surface area contributed by atoms with Crippen molar-refractivity contribution in [2.45, 2.75) is 6.92 Å². The first-order valence-corrected chi connectivity index (χ1v) is 7.37. The average molecular weight is 349 g/mol. The number of nitrogens with zero attached hydrogens (tertiary/aromatic N) is 1. The first-order valence-electron chi connectivity index (χ1n) is 6.61. The molecule has 3 aromatic rings. The maximum atomic E-state index is 12.7. The molecule has 0 radical (unpaired) electrons. The van der Waals surface area contributed by atoms with E-state index in [4.69, 9.17) is 27.9 Å². The molecule has 0 bridgehead atoms. The highest BCUT2D eigenvalue weighted by Crippen LogP contribution is 2.33. The fraction of sp³-hybridized carbons (Fsp3) is 0.0625. The Bertz CT molecular complexity index is 934. The van der Waals surface area contributed by atoms with Crippen molar-refractivity contribution in [3.63, 3.8) is 0 Å². The Kier molecular flexibility index (Phi) is 4.07. The van der Waals surface area contributed by atoms with Crippen molar-refractivity contribution in [3.05, 3.63) is 58.0 Å². The van der Waals surface area contributed by atoms with Crippen LogP contribution in [0.1, 0.15) is 23.1 Å². The van der Waals surface area contributed by atoms with Gasteiger partial charge in [-0.2, -0.15) is 0 Å². The molecule has 0 fully saturated rings. The van der Waals surface area contributed by atoms with Crippen LogP contribution in [-0.2, 0) is 4.79 Å². The molecule has 0 amide bonds. The number of ketones is 1. The largest absolute Gasteiger partial charge is 0.424 e. The Morgan fingerprint density at radius 2 is 1.87 bits per heavy atom. The maximum Gasteiger partial charge on any atom is 0.308 e. The summed E-state index contributed by atoms with van der Waals surface area (Å²) in [6.45, 7) is 1.26. The first kappa shape index (κ1) is 15.5. The summed E-state index contributed by atoms with van der Waals surface area (Å²) in [6.07, 6.45) is 1.43. The Morgan fingerprint density at radius 1 is 1.13 bits per heavy atom. The number of rotatable bonds is 3. The van der Waals surface area contributed by atoms with Crippen molar-refractivity contribution in [1.29, 1.82) is 0 Å². The van der Waals surface area contributed by atoms with Gasteiger partial charge in [0.2, 0.25) is 5.78 Å². The molecule has 1 aromatic carbocycles. The van der Waals surface area contributed by atoms with E-state index in [9.17, 15) is 9.59 Å². The van der Waals surface area contributed by atoms with Gasteiger partial charge in [-0.05, 0) is 30.3 Å². The van der Waals surface area contributed by atoms with E-state index in [-0.39, 0.29) is 17.1 Å². The van der Waals surface area contributed by atoms with Crippen LogP contribution in [0.5, 0.6) is 5.75 Å². The van der Waals surface area contributed by atoms with Crippen LogP contribution in [0.4, 0.5) is 0 Å². The van der Waals surface area contributed by atoms with Crippen LogP contribution >= 0.6 is 23.2 Å². The van der Waals surface area contributed by atoms with Gasteiger partial charge in [0.25, 0.3) is 0 Å². The molecule has 0 aliphatic rings. The zero-order valence-electron chi connectivity index (χ0n) is 11.9. The average Bonchev–Trinajstić information content (AvgIpc) is 2.84. The molecule has 1 N–H and O–H groups in total. The third-order valence-electron chi connectivity index (χ3n) is 3.14. The summed E-state index contributed by atoms with van der Waals surface area (Å²) < 4.78 is 5.22.